The van der Waals surface area contributed by atoms with Crippen LogP contribution in [-0.2, 0) is 9.47 Å². The molecule has 3 heterocycles. The molecule has 7 heteroatoms. The Bertz CT molecular complexity index is 418. The first-order valence-electron chi connectivity index (χ1n) is 10.1. The summed E-state index contributed by atoms with van der Waals surface area (Å²) in [6.45, 7) is 3.41. The Labute approximate surface area is 175 Å². The van der Waals surface area contributed by atoms with Gasteiger partial charge in [-0.2, -0.15) is 0 Å². The molecule has 0 radical (unpaired) electrons. The summed E-state index contributed by atoms with van der Waals surface area (Å²) < 4.78 is 11.3. The standard InChI is InChI=1S/C19H36N4O2.HI/c1-20-19(21-9-4-10-25-18-7-11-24-12-8-18)22-15-13-16-5-3-6-17(14-15)23(16)2;/h15-18H,3-14H2,1-2H3,(H2,20,21,22);1H. The van der Waals surface area contributed by atoms with Gasteiger partial charge in [-0.1, -0.05) is 6.42 Å². The lowest BCUT2D eigenvalue weighted by Crippen LogP contribution is -2.56. The Kier molecular flexibility index (Phi) is 9.94. The van der Waals surface area contributed by atoms with Crippen LogP contribution in [0.1, 0.15) is 51.4 Å². The van der Waals surface area contributed by atoms with Gasteiger partial charge in [0.2, 0.25) is 0 Å². The normalized spacial score (nSPS) is 30.5. The van der Waals surface area contributed by atoms with E-state index in [2.05, 4.69) is 27.6 Å². The number of nitrogens with one attached hydrogen (secondary N) is 2. The van der Waals surface area contributed by atoms with Crippen LogP contribution in [0.5, 0.6) is 0 Å². The van der Waals surface area contributed by atoms with Gasteiger partial charge in [-0.3, -0.25) is 4.99 Å². The van der Waals surface area contributed by atoms with Crippen molar-refractivity contribution in [3.05, 3.63) is 0 Å². The van der Waals surface area contributed by atoms with Gasteiger partial charge in [0, 0.05) is 51.5 Å². The Morgan fingerprint density at radius 1 is 1.15 bits per heavy atom. The number of fused-ring (bicyclic) bond motifs is 2. The third-order valence-electron chi connectivity index (χ3n) is 6.04. The summed E-state index contributed by atoms with van der Waals surface area (Å²) in [5, 5.41) is 7.10. The summed E-state index contributed by atoms with van der Waals surface area (Å²) >= 11 is 0. The molecule has 0 aromatic carbocycles. The number of halogens is 1. The molecular formula is C19H37IN4O2. The van der Waals surface area contributed by atoms with Crippen molar-refractivity contribution in [2.45, 2.75) is 75.6 Å². The molecule has 2 unspecified atom stereocenters. The second kappa shape index (κ2) is 11.7. The summed E-state index contributed by atoms with van der Waals surface area (Å²) in [5.41, 5.74) is 0. The second-order valence-electron chi connectivity index (χ2n) is 7.75. The minimum Gasteiger partial charge on any atom is -0.381 e. The Morgan fingerprint density at radius 2 is 1.85 bits per heavy atom. The zero-order chi connectivity index (χ0) is 17.5. The molecule has 3 rings (SSSR count). The molecule has 3 aliphatic heterocycles. The molecule has 0 spiro atoms. The summed E-state index contributed by atoms with van der Waals surface area (Å²) in [6.07, 6.45) is 10.0. The molecule has 3 fully saturated rings. The third-order valence-corrected chi connectivity index (χ3v) is 6.04. The van der Waals surface area contributed by atoms with Crippen LogP contribution in [0.25, 0.3) is 0 Å². The molecule has 0 aromatic rings. The molecule has 3 saturated heterocycles. The maximum absolute atomic E-state index is 5.92. The van der Waals surface area contributed by atoms with Crippen molar-refractivity contribution >= 4 is 29.9 Å². The molecular weight excluding hydrogens is 443 g/mol. The molecule has 0 saturated carbocycles. The van der Waals surface area contributed by atoms with Gasteiger partial charge in [-0.05, 0) is 52.0 Å². The van der Waals surface area contributed by atoms with E-state index in [1.165, 1.54) is 32.1 Å². The predicted molar refractivity (Wildman–Crippen MR) is 117 cm³/mol. The SMILES string of the molecule is CN=C(NCCCOC1CCOCC1)NC1CC2CCCC(C1)N2C.I. The van der Waals surface area contributed by atoms with Gasteiger partial charge in [0.05, 0.1) is 6.10 Å². The molecule has 6 nitrogen and oxygen atoms in total. The first kappa shape index (κ1) is 22.2. The molecule has 2 atom stereocenters. The number of hydrogen-bond donors (Lipinski definition) is 2. The number of ether oxygens (including phenoxy) is 2. The lowest BCUT2D eigenvalue weighted by atomic mass is 9.82. The Balaban J connectivity index is 0.00000243. The first-order chi connectivity index (χ1) is 12.3. The van der Waals surface area contributed by atoms with E-state index in [1.807, 2.05) is 7.05 Å². The number of rotatable bonds is 6. The lowest BCUT2D eigenvalue weighted by molar-refractivity contribution is -0.0320. The molecule has 0 aliphatic carbocycles. The lowest BCUT2D eigenvalue weighted by Gasteiger charge is -2.47. The highest BCUT2D eigenvalue weighted by Crippen LogP contribution is 2.32. The van der Waals surface area contributed by atoms with E-state index < -0.39 is 0 Å². The molecule has 0 aromatic heterocycles. The molecule has 26 heavy (non-hydrogen) atoms. The summed E-state index contributed by atoms with van der Waals surface area (Å²) in [7, 11) is 4.17. The van der Waals surface area contributed by atoms with Crippen molar-refractivity contribution in [3.63, 3.8) is 0 Å². The number of aliphatic imine (C=N–C) groups is 1. The van der Waals surface area contributed by atoms with Crippen LogP contribution in [0.2, 0.25) is 0 Å². The highest BCUT2D eigenvalue weighted by molar-refractivity contribution is 14.0. The van der Waals surface area contributed by atoms with Crippen molar-refractivity contribution in [2.24, 2.45) is 4.99 Å². The fraction of sp³-hybridized carbons (Fsp3) is 0.947. The van der Waals surface area contributed by atoms with Gasteiger partial charge < -0.3 is 25.0 Å². The van der Waals surface area contributed by atoms with E-state index in [0.717, 1.165) is 63.7 Å². The van der Waals surface area contributed by atoms with Crippen LogP contribution in [-0.4, -0.2) is 75.5 Å². The van der Waals surface area contributed by atoms with E-state index in [9.17, 15) is 0 Å². The maximum atomic E-state index is 5.92. The maximum Gasteiger partial charge on any atom is 0.191 e. The minimum atomic E-state index is 0. The fourth-order valence-corrected chi connectivity index (χ4v) is 4.49. The van der Waals surface area contributed by atoms with Gasteiger partial charge >= 0.3 is 0 Å². The molecule has 152 valence electrons. The number of nitrogens with zero attached hydrogens (tertiary/aromatic N) is 2. The molecule has 0 amide bonds. The van der Waals surface area contributed by atoms with Crippen LogP contribution in [0.3, 0.4) is 0 Å². The van der Waals surface area contributed by atoms with Crippen molar-refractivity contribution in [1.29, 1.82) is 0 Å². The molecule has 2 N–H and O–H groups in total. The van der Waals surface area contributed by atoms with Gasteiger partial charge in [-0.15, -0.1) is 24.0 Å². The first-order valence-corrected chi connectivity index (χ1v) is 10.1. The van der Waals surface area contributed by atoms with E-state index >= 15 is 0 Å². The van der Waals surface area contributed by atoms with E-state index in [4.69, 9.17) is 9.47 Å². The summed E-state index contributed by atoms with van der Waals surface area (Å²) in [4.78, 5) is 7.01. The zero-order valence-corrected chi connectivity index (χ0v) is 18.7. The van der Waals surface area contributed by atoms with Crippen molar-refractivity contribution in [3.8, 4) is 0 Å². The van der Waals surface area contributed by atoms with E-state index in [-0.39, 0.29) is 24.0 Å². The molecule has 3 aliphatic rings. The van der Waals surface area contributed by atoms with Crippen LogP contribution >= 0.6 is 24.0 Å². The van der Waals surface area contributed by atoms with Crippen LogP contribution in [0.15, 0.2) is 4.99 Å². The van der Waals surface area contributed by atoms with Crippen molar-refractivity contribution < 1.29 is 9.47 Å². The van der Waals surface area contributed by atoms with Gasteiger partial charge in [0.25, 0.3) is 0 Å². The number of guanidine groups is 1. The smallest absolute Gasteiger partial charge is 0.191 e. The second-order valence-corrected chi connectivity index (χ2v) is 7.75. The zero-order valence-electron chi connectivity index (χ0n) is 16.4. The highest BCUT2D eigenvalue weighted by Gasteiger charge is 2.36. The van der Waals surface area contributed by atoms with Crippen LogP contribution in [0.4, 0.5) is 0 Å². The summed E-state index contributed by atoms with van der Waals surface area (Å²) in [6, 6.07) is 2.04. The third kappa shape index (κ3) is 6.49. The minimum absolute atomic E-state index is 0. The highest BCUT2D eigenvalue weighted by atomic mass is 127. The molecule has 2 bridgehead atoms. The Morgan fingerprint density at radius 3 is 2.50 bits per heavy atom. The topological polar surface area (TPSA) is 58.1 Å². The number of piperidine rings is 2. The Hall–Kier alpha value is -0.120. The largest absolute Gasteiger partial charge is 0.381 e. The van der Waals surface area contributed by atoms with Crippen LogP contribution in [0, 0.1) is 0 Å². The van der Waals surface area contributed by atoms with Gasteiger partial charge in [-0.25, -0.2) is 0 Å². The number of hydrogen-bond acceptors (Lipinski definition) is 4. The van der Waals surface area contributed by atoms with E-state index in [1.54, 1.807) is 0 Å². The van der Waals surface area contributed by atoms with Gasteiger partial charge in [0.1, 0.15) is 0 Å². The van der Waals surface area contributed by atoms with Crippen molar-refractivity contribution in [1.82, 2.24) is 15.5 Å². The summed E-state index contributed by atoms with van der Waals surface area (Å²) in [5.74, 6) is 0.943. The average Bonchev–Trinajstić information content (AvgIpc) is 2.62. The van der Waals surface area contributed by atoms with Crippen molar-refractivity contribution in [2.75, 3.05) is 40.5 Å². The average molecular weight is 480 g/mol. The predicted octanol–water partition coefficient (Wildman–Crippen LogP) is 2.37. The van der Waals surface area contributed by atoms with E-state index in [0.29, 0.717) is 12.1 Å². The monoisotopic (exact) mass is 480 g/mol. The fourth-order valence-electron chi connectivity index (χ4n) is 4.49. The van der Waals surface area contributed by atoms with Gasteiger partial charge in [0.15, 0.2) is 5.96 Å². The van der Waals surface area contributed by atoms with Crippen LogP contribution < -0.4 is 10.6 Å². The quantitative estimate of drug-likeness (QED) is 0.265.